The summed E-state index contributed by atoms with van der Waals surface area (Å²) in [6, 6.07) is 5.43. The Morgan fingerprint density at radius 3 is 3.00 bits per heavy atom. The van der Waals surface area contributed by atoms with Gasteiger partial charge in [0.15, 0.2) is 0 Å². The summed E-state index contributed by atoms with van der Waals surface area (Å²) < 4.78 is 0. The first-order chi connectivity index (χ1) is 7.66. The summed E-state index contributed by atoms with van der Waals surface area (Å²) in [6.07, 6.45) is 1.51. The summed E-state index contributed by atoms with van der Waals surface area (Å²) in [5, 5.41) is 12.4. The Morgan fingerprint density at radius 1 is 1.56 bits per heavy atom. The van der Waals surface area contributed by atoms with E-state index in [-0.39, 0.29) is 0 Å². The maximum Gasteiger partial charge on any atom is 0.126 e. The van der Waals surface area contributed by atoms with E-state index in [1.807, 2.05) is 6.07 Å². The lowest BCUT2D eigenvalue weighted by Gasteiger charge is -2.09. The molecule has 0 aliphatic heterocycles. The highest BCUT2D eigenvalue weighted by Gasteiger charge is 2.12. The van der Waals surface area contributed by atoms with Gasteiger partial charge in [-0.15, -0.1) is 11.3 Å². The van der Waals surface area contributed by atoms with Crippen LogP contribution in [-0.2, 0) is 6.42 Å². The van der Waals surface area contributed by atoms with Crippen molar-refractivity contribution in [1.82, 2.24) is 4.98 Å². The van der Waals surface area contributed by atoms with Gasteiger partial charge in [-0.25, -0.2) is 4.98 Å². The van der Waals surface area contributed by atoms with Crippen LogP contribution in [0.25, 0.3) is 0 Å². The standard InChI is InChI=1S/C11H11ClN2OS/c12-8-5-10(16-6-8)9(15)4-7-2-1-3-14-11(7)13/h1-3,5-6,9,15H,4H2,(H2,13,14). The number of halogens is 1. The average Bonchev–Trinajstić information content (AvgIpc) is 2.68. The third kappa shape index (κ3) is 2.52. The minimum atomic E-state index is -0.580. The average molecular weight is 255 g/mol. The van der Waals surface area contributed by atoms with Gasteiger partial charge < -0.3 is 10.8 Å². The molecule has 1 unspecified atom stereocenters. The molecule has 0 fully saturated rings. The molecule has 0 aliphatic carbocycles. The fraction of sp³-hybridized carbons (Fsp3) is 0.182. The Hall–Kier alpha value is -1.10. The van der Waals surface area contributed by atoms with Crippen molar-refractivity contribution >= 4 is 28.8 Å². The summed E-state index contributed by atoms with van der Waals surface area (Å²) in [5.41, 5.74) is 6.55. The maximum absolute atomic E-state index is 9.98. The van der Waals surface area contributed by atoms with E-state index >= 15 is 0 Å². The molecule has 2 aromatic heterocycles. The molecule has 1 atom stereocenters. The molecule has 3 N–H and O–H groups in total. The van der Waals surface area contributed by atoms with Gasteiger partial charge in [0.25, 0.3) is 0 Å². The monoisotopic (exact) mass is 254 g/mol. The number of aliphatic hydroxyl groups excluding tert-OH is 1. The Bertz CT molecular complexity index is 486. The first-order valence-corrected chi connectivity index (χ1v) is 6.04. The quantitative estimate of drug-likeness (QED) is 0.885. The van der Waals surface area contributed by atoms with E-state index in [0.29, 0.717) is 17.3 Å². The van der Waals surface area contributed by atoms with Crippen molar-refractivity contribution in [3.63, 3.8) is 0 Å². The van der Waals surface area contributed by atoms with Crippen molar-refractivity contribution in [1.29, 1.82) is 0 Å². The summed E-state index contributed by atoms with van der Waals surface area (Å²) in [7, 11) is 0. The molecule has 0 bridgehead atoms. The number of hydrogen-bond acceptors (Lipinski definition) is 4. The molecule has 0 spiro atoms. The molecule has 2 heterocycles. The molecule has 0 saturated heterocycles. The first kappa shape index (κ1) is 11.4. The number of anilines is 1. The zero-order valence-electron chi connectivity index (χ0n) is 8.43. The number of aliphatic hydroxyl groups is 1. The Labute approximate surface area is 103 Å². The largest absolute Gasteiger partial charge is 0.387 e. The molecule has 3 nitrogen and oxygen atoms in total. The van der Waals surface area contributed by atoms with E-state index in [9.17, 15) is 5.11 Å². The second kappa shape index (κ2) is 4.82. The molecule has 0 aliphatic rings. The van der Waals surface area contributed by atoms with Gasteiger partial charge in [-0.1, -0.05) is 17.7 Å². The lowest BCUT2D eigenvalue weighted by molar-refractivity contribution is 0.182. The number of thiophene rings is 1. The van der Waals surface area contributed by atoms with Gasteiger partial charge in [-0.3, -0.25) is 0 Å². The minimum Gasteiger partial charge on any atom is -0.387 e. The van der Waals surface area contributed by atoms with Crippen LogP contribution in [-0.4, -0.2) is 10.1 Å². The van der Waals surface area contributed by atoms with Crippen LogP contribution in [0.4, 0.5) is 5.82 Å². The Balaban J connectivity index is 2.13. The number of rotatable bonds is 3. The van der Waals surface area contributed by atoms with Crippen molar-refractivity contribution in [2.45, 2.75) is 12.5 Å². The zero-order valence-corrected chi connectivity index (χ0v) is 10.0. The third-order valence-corrected chi connectivity index (χ3v) is 3.64. The first-order valence-electron chi connectivity index (χ1n) is 4.78. The number of pyridine rings is 1. The summed E-state index contributed by atoms with van der Waals surface area (Å²) in [5.74, 6) is 0.462. The summed E-state index contributed by atoms with van der Waals surface area (Å²) in [4.78, 5) is 4.82. The highest BCUT2D eigenvalue weighted by Crippen LogP contribution is 2.28. The molecule has 2 aromatic rings. The van der Waals surface area contributed by atoms with E-state index in [1.165, 1.54) is 11.3 Å². The molecule has 0 radical (unpaired) electrons. The van der Waals surface area contributed by atoms with E-state index in [2.05, 4.69) is 4.98 Å². The van der Waals surface area contributed by atoms with Crippen LogP contribution in [0.1, 0.15) is 16.5 Å². The third-order valence-electron chi connectivity index (χ3n) is 2.26. The molecule has 2 rings (SSSR count). The van der Waals surface area contributed by atoms with E-state index < -0.39 is 6.10 Å². The molecule has 0 saturated carbocycles. The van der Waals surface area contributed by atoms with Gasteiger partial charge in [0.2, 0.25) is 0 Å². The van der Waals surface area contributed by atoms with Crippen LogP contribution in [0.15, 0.2) is 29.8 Å². The summed E-state index contributed by atoms with van der Waals surface area (Å²) in [6.45, 7) is 0. The van der Waals surface area contributed by atoms with Gasteiger partial charge in [-0.2, -0.15) is 0 Å². The van der Waals surface area contributed by atoms with Gasteiger partial charge in [-0.05, 0) is 17.7 Å². The smallest absolute Gasteiger partial charge is 0.126 e. The normalized spacial score (nSPS) is 12.6. The predicted octanol–water partition coefficient (Wildman–Crippen LogP) is 2.65. The van der Waals surface area contributed by atoms with Crippen LogP contribution >= 0.6 is 22.9 Å². The predicted molar refractivity (Wildman–Crippen MR) is 66.6 cm³/mol. The lowest BCUT2D eigenvalue weighted by atomic mass is 10.1. The number of nitrogens with zero attached hydrogens (tertiary/aromatic N) is 1. The Kier molecular flexibility index (Phi) is 3.43. The second-order valence-corrected chi connectivity index (χ2v) is 4.81. The fourth-order valence-electron chi connectivity index (χ4n) is 1.44. The van der Waals surface area contributed by atoms with E-state index in [0.717, 1.165) is 10.4 Å². The van der Waals surface area contributed by atoms with Crippen LogP contribution in [0.5, 0.6) is 0 Å². The Morgan fingerprint density at radius 2 is 2.38 bits per heavy atom. The van der Waals surface area contributed by atoms with Crippen LogP contribution in [0.2, 0.25) is 5.02 Å². The van der Waals surface area contributed by atoms with E-state index in [1.54, 1.807) is 23.7 Å². The molecule has 84 valence electrons. The summed E-state index contributed by atoms with van der Waals surface area (Å²) >= 11 is 7.24. The minimum absolute atomic E-state index is 0.455. The molecule has 5 heteroatoms. The van der Waals surface area contributed by atoms with Crippen molar-refractivity contribution < 1.29 is 5.11 Å². The number of hydrogen-bond donors (Lipinski definition) is 2. The molecule has 0 aromatic carbocycles. The fourth-order valence-corrected chi connectivity index (χ4v) is 2.50. The van der Waals surface area contributed by atoms with Crippen molar-refractivity contribution in [3.05, 3.63) is 45.2 Å². The zero-order chi connectivity index (χ0) is 11.5. The van der Waals surface area contributed by atoms with Crippen molar-refractivity contribution in [3.8, 4) is 0 Å². The van der Waals surface area contributed by atoms with Gasteiger partial charge in [0, 0.05) is 22.9 Å². The van der Waals surface area contributed by atoms with Crippen LogP contribution < -0.4 is 5.73 Å². The maximum atomic E-state index is 9.98. The second-order valence-electron chi connectivity index (χ2n) is 3.43. The molecule has 16 heavy (non-hydrogen) atoms. The number of nitrogens with two attached hydrogens (primary N) is 1. The van der Waals surface area contributed by atoms with Gasteiger partial charge in [0.1, 0.15) is 5.82 Å². The SMILES string of the molecule is Nc1ncccc1CC(O)c1cc(Cl)cs1. The lowest BCUT2D eigenvalue weighted by Crippen LogP contribution is -2.03. The van der Waals surface area contributed by atoms with Crippen LogP contribution in [0, 0.1) is 0 Å². The van der Waals surface area contributed by atoms with E-state index in [4.69, 9.17) is 17.3 Å². The topological polar surface area (TPSA) is 59.1 Å². The van der Waals surface area contributed by atoms with Gasteiger partial charge in [0.05, 0.1) is 11.1 Å². The van der Waals surface area contributed by atoms with Gasteiger partial charge >= 0.3 is 0 Å². The highest BCUT2D eigenvalue weighted by atomic mass is 35.5. The molecular formula is C11H11ClN2OS. The number of aromatic nitrogens is 1. The van der Waals surface area contributed by atoms with Crippen LogP contribution in [0.3, 0.4) is 0 Å². The molecule has 0 amide bonds. The van der Waals surface area contributed by atoms with Crippen molar-refractivity contribution in [2.75, 3.05) is 5.73 Å². The number of nitrogen functional groups attached to an aromatic ring is 1. The highest BCUT2D eigenvalue weighted by molar-refractivity contribution is 7.10. The van der Waals surface area contributed by atoms with Crippen molar-refractivity contribution in [2.24, 2.45) is 0 Å². The molecular weight excluding hydrogens is 244 g/mol.